The number of carbonyl (C=O) groups is 2. The van der Waals surface area contributed by atoms with Gasteiger partial charge in [-0.2, -0.15) is 0 Å². The molecule has 6 nitrogen and oxygen atoms in total. The van der Waals surface area contributed by atoms with Gasteiger partial charge in [0.15, 0.2) is 5.78 Å². The number of aromatic nitrogens is 3. The minimum atomic E-state index is -0.0259. The summed E-state index contributed by atoms with van der Waals surface area (Å²) in [6.07, 6.45) is 1.41. The number of thiophene rings is 1. The number of amides is 1. The number of rotatable bonds is 4. The third kappa shape index (κ3) is 3.68. The summed E-state index contributed by atoms with van der Waals surface area (Å²) in [5.41, 5.74) is 1.78. The molecular formula is C20H20N4O2S. The molecule has 0 fully saturated rings. The number of hydrogen-bond acceptors (Lipinski definition) is 5. The Morgan fingerprint density at radius 3 is 2.67 bits per heavy atom. The van der Waals surface area contributed by atoms with Crippen molar-refractivity contribution in [3.63, 3.8) is 0 Å². The van der Waals surface area contributed by atoms with Crippen LogP contribution in [0.3, 0.4) is 0 Å². The number of carbonyl (C=O) groups excluding carboxylic acids is 2. The molecule has 0 spiro atoms. The molecule has 0 atom stereocenters. The van der Waals surface area contributed by atoms with Crippen LogP contribution in [0.4, 0.5) is 0 Å². The van der Waals surface area contributed by atoms with Crippen LogP contribution in [-0.4, -0.2) is 44.4 Å². The Morgan fingerprint density at radius 1 is 1.11 bits per heavy atom. The van der Waals surface area contributed by atoms with E-state index in [1.165, 1.54) is 23.8 Å². The number of hydrogen-bond donors (Lipinski definition) is 0. The van der Waals surface area contributed by atoms with Crippen LogP contribution in [0.2, 0.25) is 0 Å². The van der Waals surface area contributed by atoms with Crippen LogP contribution >= 0.6 is 11.3 Å². The highest BCUT2D eigenvalue weighted by molar-refractivity contribution is 7.12. The molecule has 4 rings (SSSR count). The molecule has 0 N–H and O–H groups in total. The second-order valence-corrected chi connectivity index (χ2v) is 7.56. The first-order valence-corrected chi connectivity index (χ1v) is 9.83. The van der Waals surface area contributed by atoms with Gasteiger partial charge in [-0.1, -0.05) is 30.3 Å². The lowest BCUT2D eigenvalue weighted by Crippen LogP contribution is -2.33. The molecule has 1 aliphatic rings. The maximum absolute atomic E-state index is 12.8. The Balaban J connectivity index is 1.48. The first kappa shape index (κ1) is 17.6. The second kappa shape index (κ2) is 7.44. The van der Waals surface area contributed by atoms with Gasteiger partial charge in [-0.05, 0) is 18.6 Å². The summed E-state index contributed by atoms with van der Waals surface area (Å²) in [5, 5.41) is 10.5. The summed E-state index contributed by atoms with van der Waals surface area (Å²) >= 11 is 1.32. The number of benzene rings is 1. The zero-order valence-corrected chi connectivity index (χ0v) is 15.9. The Labute approximate surface area is 161 Å². The predicted octanol–water partition coefficient (Wildman–Crippen LogP) is 2.83. The Bertz CT molecular complexity index is 977. The van der Waals surface area contributed by atoms with Gasteiger partial charge >= 0.3 is 0 Å². The van der Waals surface area contributed by atoms with E-state index >= 15 is 0 Å². The minimum absolute atomic E-state index is 0.00770. The van der Waals surface area contributed by atoms with E-state index in [1.54, 1.807) is 11.4 Å². The lowest BCUT2D eigenvalue weighted by molar-refractivity contribution is 0.0759. The Morgan fingerprint density at radius 2 is 1.93 bits per heavy atom. The lowest BCUT2D eigenvalue weighted by atomic mass is 10.1. The van der Waals surface area contributed by atoms with E-state index in [-0.39, 0.29) is 11.7 Å². The van der Waals surface area contributed by atoms with Gasteiger partial charge in [0.2, 0.25) is 0 Å². The Kier molecular flexibility index (Phi) is 4.85. The fourth-order valence-corrected chi connectivity index (χ4v) is 4.09. The van der Waals surface area contributed by atoms with Crippen molar-refractivity contribution in [2.24, 2.45) is 0 Å². The first-order valence-electron chi connectivity index (χ1n) is 8.95. The van der Waals surface area contributed by atoms with Crippen LogP contribution in [0.5, 0.6) is 0 Å². The molecule has 1 amide bonds. The van der Waals surface area contributed by atoms with Crippen LogP contribution in [0, 0.1) is 0 Å². The molecule has 0 aliphatic carbocycles. The molecule has 7 heteroatoms. The quantitative estimate of drug-likeness (QED) is 0.653. The van der Waals surface area contributed by atoms with Crippen molar-refractivity contribution < 1.29 is 9.59 Å². The summed E-state index contributed by atoms with van der Waals surface area (Å²) in [6, 6.07) is 11.9. The first-order chi connectivity index (χ1) is 13.1. The highest BCUT2D eigenvalue weighted by Crippen LogP contribution is 2.19. The molecule has 138 valence electrons. The van der Waals surface area contributed by atoms with Crippen LogP contribution in [0.25, 0.3) is 0 Å². The Hall–Kier alpha value is -2.80. The number of fused-ring (bicyclic) bond motifs is 1. The number of ketones is 1. The van der Waals surface area contributed by atoms with Crippen molar-refractivity contribution in [1.82, 2.24) is 19.7 Å². The van der Waals surface area contributed by atoms with Crippen molar-refractivity contribution in [1.29, 1.82) is 0 Å². The van der Waals surface area contributed by atoms with Gasteiger partial charge < -0.3 is 9.47 Å². The van der Waals surface area contributed by atoms with E-state index in [4.69, 9.17) is 0 Å². The SMILES string of the molecule is CC(=O)c1cc(C(=O)N2CCc3nnc(Cc4ccccc4)n3CC2)cs1. The molecular weight excluding hydrogens is 360 g/mol. The smallest absolute Gasteiger partial charge is 0.254 e. The van der Waals surface area contributed by atoms with Crippen molar-refractivity contribution in [2.45, 2.75) is 26.3 Å². The van der Waals surface area contributed by atoms with Crippen molar-refractivity contribution in [3.05, 3.63) is 69.4 Å². The molecule has 3 aromatic rings. The lowest BCUT2D eigenvalue weighted by Gasteiger charge is -2.19. The monoisotopic (exact) mass is 380 g/mol. The van der Waals surface area contributed by atoms with Crippen LogP contribution in [0.15, 0.2) is 41.8 Å². The van der Waals surface area contributed by atoms with E-state index in [0.717, 1.165) is 18.1 Å². The molecule has 0 unspecified atom stereocenters. The third-order valence-corrected chi connectivity index (χ3v) is 5.82. The van der Waals surface area contributed by atoms with E-state index in [0.29, 0.717) is 36.5 Å². The molecule has 0 radical (unpaired) electrons. The van der Waals surface area contributed by atoms with E-state index < -0.39 is 0 Å². The molecule has 1 aromatic carbocycles. The van der Waals surface area contributed by atoms with Gasteiger partial charge in [-0.3, -0.25) is 9.59 Å². The van der Waals surface area contributed by atoms with Gasteiger partial charge in [0, 0.05) is 37.9 Å². The zero-order valence-electron chi connectivity index (χ0n) is 15.1. The third-order valence-electron chi connectivity index (χ3n) is 4.79. The highest BCUT2D eigenvalue weighted by atomic mass is 32.1. The summed E-state index contributed by atoms with van der Waals surface area (Å²) in [4.78, 5) is 26.8. The van der Waals surface area contributed by atoms with Crippen molar-refractivity contribution in [2.75, 3.05) is 13.1 Å². The van der Waals surface area contributed by atoms with Crippen LogP contribution < -0.4 is 0 Å². The molecule has 0 saturated heterocycles. The van der Waals surface area contributed by atoms with Gasteiger partial charge in [0.25, 0.3) is 5.91 Å². The van der Waals surface area contributed by atoms with Crippen molar-refractivity contribution >= 4 is 23.0 Å². The van der Waals surface area contributed by atoms with E-state index in [9.17, 15) is 9.59 Å². The van der Waals surface area contributed by atoms with Crippen LogP contribution in [-0.2, 0) is 19.4 Å². The minimum Gasteiger partial charge on any atom is -0.336 e. The maximum atomic E-state index is 12.8. The normalized spacial score (nSPS) is 13.9. The molecule has 3 heterocycles. The van der Waals surface area contributed by atoms with Gasteiger partial charge in [0.1, 0.15) is 11.6 Å². The van der Waals surface area contributed by atoms with E-state index in [2.05, 4.69) is 26.9 Å². The average molecular weight is 380 g/mol. The number of nitrogens with zero attached hydrogens (tertiary/aromatic N) is 4. The number of Topliss-reactive ketones (excluding diaryl/α,β-unsaturated/α-hetero) is 1. The molecule has 27 heavy (non-hydrogen) atoms. The average Bonchev–Trinajstić information content (AvgIpc) is 3.25. The fraction of sp³-hybridized carbons (Fsp3) is 0.300. The standard InChI is InChI=1S/C20H20N4O2S/c1-14(25)17-12-16(13-27-17)20(26)23-8-7-18-21-22-19(24(18)10-9-23)11-15-5-3-2-4-6-15/h2-6,12-13H,7-11H2,1H3. The van der Waals surface area contributed by atoms with Crippen molar-refractivity contribution in [3.8, 4) is 0 Å². The van der Waals surface area contributed by atoms with Gasteiger partial charge in [-0.25, -0.2) is 0 Å². The second-order valence-electron chi connectivity index (χ2n) is 6.64. The summed E-state index contributed by atoms with van der Waals surface area (Å²) < 4.78 is 2.13. The molecule has 1 aliphatic heterocycles. The van der Waals surface area contributed by atoms with Gasteiger partial charge in [-0.15, -0.1) is 21.5 Å². The fourth-order valence-electron chi connectivity index (χ4n) is 3.31. The summed E-state index contributed by atoms with van der Waals surface area (Å²) in [5.74, 6) is 1.82. The molecule has 2 aromatic heterocycles. The maximum Gasteiger partial charge on any atom is 0.254 e. The van der Waals surface area contributed by atoms with E-state index in [1.807, 2.05) is 23.1 Å². The molecule has 0 saturated carbocycles. The summed E-state index contributed by atoms with van der Waals surface area (Å²) in [6.45, 7) is 3.41. The predicted molar refractivity (Wildman–Crippen MR) is 103 cm³/mol. The topological polar surface area (TPSA) is 68.1 Å². The molecule has 0 bridgehead atoms. The highest BCUT2D eigenvalue weighted by Gasteiger charge is 2.23. The zero-order chi connectivity index (χ0) is 18.8. The largest absolute Gasteiger partial charge is 0.336 e. The summed E-state index contributed by atoms with van der Waals surface area (Å²) in [7, 11) is 0. The van der Waals surface area contributed by atoms with Crippen LogP contribution in [0.1, 0.15) is 44.2 Å². The van der Waals surface area contributed by atoms with Gasteiger partial charge in [0.05, 0.1) is 10.4 Å².